The monoisotopic (exact) mass is 345 g/mol. The van der Waals surface area contributed by atoms with Gasteiger partial charge in [0, 0.05) is 37.1 Å². The van der Waals surface area contributed by atoms with Crippen LogP contribution < -0.4 is 15.5 Å². The summed E-state index contributed by atoms with van der Waals surface area (Å²) in [6.45, 7) is 6.66. The average Bonchev–Trinajstić information content (AvgIpc) is 3.27. The van der Waals surface area contributed by atoms with E-state index >= 15 is 0 Å². The summed E-state index contributed by atoms with van der Waals surface area (Å²) < 4.78 is 0. The zero-order valence-electron chi connectivity index (χ0n) is 14.1. The van der Waals surface area contributed by atoms with E-state index in [-0.39, 0.29) is 11.9 Å². The molecule has 24 heavy (non-hydrogen) atoms. The second-order valence-electron chi connectivity index (χ2n) is 6.10. The van der Waals surface area contributed by atoms with Crippen LogP contribution in [-0.2, 0) is 0 Å². The molecule has 0 saturated carbocycles. The number of thiazole rings is 1. The van der Waals surface area contributed by atoms with Crippen molar-refractivity contribution >= 4 is 28.9 Å². The first kappa shape index (κ1) is 16.7. The number of amides is 2. The van der Waals surface area contributed by atoms with E-state index in [9.17, 15) is 4.79 Å². The molecule has 0 unspecified atom stereocenters. The number of carbonyl (C=O) groups is 1. The second kappa shape index (κ2) is 7.61. The van der Waals surface area contributed by atoms with E-state index in [1.165, 1.54) is 12.8 Å². The van der Waals surface area contributed by atoms with E-state index in [2.05, 4.69) is 32.4 Å². The number of nitrogens with zero attached hydrogens (tertiary/aromatic N) is 3. The van der Waals surface area contributed by atoms with Crippen LogP contribution in [0.3, 0.4) is 0 Å². The lowest BCUT2D eigenvalue weighted by Gasteiger charge is -2.18. The van der Waals surface area contributed by atoms with Gasteiger partial charge in [-0.25, -0.2) is 14.8 Å². The Labute approximate surface area is 146 Å². The topological polar surface area (TPSA) is 70.2 Å². The highest BCUT2D eigenvalue weighted by atomic mass is 32.1. The number of hydrogen-bond donors (Lipinski definition) is 2. The van der Waals surface area contributed by atoms with Gasteiger partial charge in [0.1, 0.15) is 5.82 Å². The molecule has 1 aliphatic heterocycles. The largest absolute Gasteiger partial charge is 0.357 e. The zero-order chi connectivity index (χ0) is 16.9. The molecule has 2 amide bonds. The van der Waals surface area contributed by atoms with Crippen LogP contribution in [0, 0.1) is 6.92 Å². The van der Waals surface area contributed by atoms with E-state index in [1.807, 2.05) is 24.4 Å². The molecular formula is C17H23N5OS. The summed E-state index contributed by atoms with van der Waals surface area (Å²) in [6, 6.07) is 3.70. The predicted octanol–water partition coefficient (Wildman–Crippen LogP) is 3.37. The van der Waals surface area contributed by atoms with Gasteiger partial charge in [-0.2, -0.15) is 0 Å². The molecule has 3 heterocycles. The molecule has 0 bridgehead atoms. The maximum Gasteiger partial charge on any atom is 0.319 e. The Morgan fingerprint density at radius 3 is 2.83 bits per heavy atom. The Morgan fingerprint density at radius 2 is 2.17 bits per heavy atom. The molecule has 7 heteroatoms. The zero-order valence-corrected chi connectivity index (χ0v) is 14.9. The van der Waals surface area contributed by atoms with Gasteiger partial charge in [-0.3, -0.25) is 0 Å². The Hall–Kier alpha value is -2.15. The van der Waals surface area contributed by atoms with Crippen molar-refractivity contribution in [2.45, 2.75) is 32.6 Å². The summed E-state index contributed by atoms with van der Waals surface area (Å²) in [5.74, 6) is 1.20. The standard InChI is InChI=1S/C17H23N5OS/c1-12(16-18-7-10-24-16)11-19-17(23)21-14-5-6-15(20-13(14)2)22-8-3-4-9-22/h5-7,10,12H,3-4,8-9,11H2,1-2H3,(H2,19,21,23)/t12-/m0/s1. The van der Waals surface area contributed by atoms with Crippen LogP contribution in [0.5, 0.6) is 0 Å². The highest BCUT2D eigenvalue weighted by Crippen LogP contribution is 2.22. The molecule has 0 spiro atoms. The Morgan fingerprint density at radius 1 is 1.38 bits per heavy atom. The second-order valence-corrected chi connectivity index (χ2v) is 7.03. The number of carbonyl (C=O) groups excluding carboxylic acids is 1. The molecule has 2 aromatic rings. The summed E-state index contributed by atoms with van der Waals surface area (Å²) >= 11 is 1.61. The van der Waals surface area contributed by atoms with Crippen LogP contribution in [0.15, 0.2) is 23.7 Å². The number of nitrogens with one attached hydrogen (secondary N) is 2. The van der Waals surface area contributed by atoms with E-state index in [4.69, 9.17) is 0 Å². The number of anilines is 2. The third-order valence-corrected chi connectivity index (χ3v) is 5.20. The van der Waals surface area contributed by atoms with Gasteiger partial charge >= 0.3 is 6.03 Å². The highest BCUT2D eigenvalue weighted by Gasteiger charge is 2.15. The van der Waals surface area contributed by atoms with Crippen molar-refractivity contribution in [3.05, 3.63) is 34.4 Å². The average molecular weight is 345 g/mol. The van der Waals surface area contributed by atoms with Crippen LogP contribution in [0.2, 0.25) is 0 Å². The molecular weight excluding hydrogens is 322 g/mol. The molecule has 1 atom stereocenters. The maximum absolute atomic E-state index is 12.1. The van der Waals surface area contributed by atoms with Crippen LogP contribution in [-0.4, -0.2) is 35.6 Å². The van der Waals surface area contributed by atoms with Crippen molar-refractivity contribution in [1.29, 1.82) is 0 Å². The summed E-state index contributed by atoms with van der Waals surface area (Å²) in [6.07, 6.45) is 4.23. The maximum atomic E-state index is 12.1. The first-order chi connectivity index (χ1) is 11.6. The van der Waals surface area contributed by atoms with Crippen LogP contribution in [0.4, 0.5) is 16.3 Å². The first-order valence-corrected chi connectivity index (χ1v) is 9.18. The lowest BCUT2D eigenvalue weighted by molar-refractivity contribution is 0.251. The molecule has 2 N–H and O–H groups in total. The van der Waals surface area contributed by atoms with Crippen molar-refractivity contribution < 1.29 is 4.79 Å². The lowest BCUT2D eigenvalue weighted by Crippen LogP contribution is -2.32. The highest BCUT2D eigenvalue weighted by molar-refractivity contribution is 7.09. The van der Waals surface area contributed by atoms with Crippen molar-refractivity contribution in [2.75, 3.05) is 29.9 Å². The molecule has 1 fully saturated rings. The van der Waals surface area contributed by atoms with Crippen LogP contribution >= 0.6 is 11.3 Å². The number of rotatable bonds is 5. The summed E-state index contributed by atoms with van der Waals surface area (Å²) in [5, 5.41) is 8.75. The predicted molar refractivity (Wildman–Crippen MR) is 98.0 cm³/mol. The fourth-order valence-corrected chi connectivity index (χ4v) is 3.48. The van der Waals surface area contributed by atoms with Gasteiger partial charge in [-0.15, -0.1) is 11.3 Å². The minimum absolute atomic E-state index is 0.201. The van der Waals surface area contributed by atoms with Gasteiger partial charge < -0.3 is 15.5 Å². The normalized spacial score (nSPS) is 15.3. The van der Waals surface area contributed by atoms with Crippen molar-refractivity contribution in [3.8, 4) is 0 Å². The lowest BCUT2D eigenvalue weighted by atomic mass is 10.2. The smallest absolute Gasteiger partial charge is 0.319 e. The van der Waals surface area contributed by atoms with Gasteiger partial charge in [0.15, 0.2) is 0 Å². The SMILES string of the molecule is Cc1nc(N2CCCC2)ccc1NC(=O)NC[C@H](C)c1nccs1. The fraction of sp³-hybridized carbons (Fsp3) is 0.471. The van der Waals surface area contributed by atoms with Crippen molar-refractivity contribution in [1.82, 2.24) is 15.3 Å². The molecule has 1 saturated heterocycles. The molecule has 1 aliphatic rings. The third kappa shape index (κ3) is 4.03. The molecule has 2 aromatic heterocycles. The molecule has 0 aliphatic carbocycles. The molecule has 3 rings (SSSR count). The molecule has 0 radical (unpaired) electrons. The van der Waals surface area contributed by atoms with Gasteiger partial charge in [0.25, 0.3) is 0 Å². The number of hydrogen-bond acceptors (Lipinski definition) is 5. The van der Waals surface area contributed by atoms with Gasteiger partial charge in [0.05, 0.1) is 16.4 Å². The van der Waals surface area contributed by atoms with E-state index < -0.39 is 0 Å². The van der Waals surface area contributed by atoms with Gasteiger partial charge in [-0.05, 0) is 31.9 Å². The minimum atomic E-state index is -0.211. The number of pyridine rings is 1. The Bertz CT molecular complexity index is 682. The summed E-state index contributed by atoms with van der Waals surface area (Å²) in [4.78, 5) is 23.3. The first-order valence-electron chi connectivity index (χ1n) is 8.30. The van der Waals surface area contributed by atoms with Crippen LogP contribution in [0.1, 0.15) is 36.4 Å². The summed E-state index contributed by atoms with van der Waals surface area (Å²) in [7, 11) is 0. The number of urea groups is 1. The van der Waals surface area contributed by atoms with E-state index in [1.54, 1.807) is 17.5 Å². The Balaban J connectivity index is 1.54. The molecule has 0 aromatic carbocycles. The van der Waals surface area contributed by atoms with Crippen LogP contribution in [0.25, 0.3) is 0 Å². The Kier molecular flexibility index (Phi) is 5.30. The van der Waals surface area contributed by atoms with Gasteiger partial charge in [0.2, 0.25) is 0 Å². The number of aryl methyl sites for hydroxylation is 1. The van der Waals surface area contributed by atoms with E-state index in [0.717, 1.165) is 35.3 Å². The van der Waals surface area contributed by atoms with Gasteiger partial charge in [-0.1, -0.05) is 6.92 Å². The number of aromatic nitrogens is 2. The molecule has 128 valence electrons. The summed E-state index contributed by atoms with van der Waals surface area (Å²) in [5.41, 5.74) is 1.58. The minimum Gasteiger partial charge on any atom is -0.357 e. The van der Waals surface area contributed by atoms with E-state index in [0.29, 0.717) is 6.54 Å². The molecule has 6 nitrogen and oxygen atoms in total. The quantitative estimate of drug-likeness (QED) is 0.872. The van der Waals surface area contributed by atoms with Crippen molar-refractivity contribution in [2.24, 2.45) is 0 Å². The fourth-order valence-electron chi connectivity index (χ4n) is 2.78. The van der Waals surface area contributed by atoms with Crippen molar-refractivity contribution in [3.63, 3.8) is 0 Å². The third-order valence-electron chi connectivity index (χ3n) is 4.19.